The molecule has 7 heteroatoms. The third-order valence-corrected chi connectivity index (χ3v) is 6.31. The molecule has 35 heavy (non-hydrogen) atoms. The van der Waals surface area contributed by atoms with Crippen LogP contribution in [-0.4, -0.2) is 45.6 Å². The molecule has 1 aliphatic rings. The van der Waals surface area contributed by atoms with Gasteiger partial charge < -0.3 is 4.90 Å². The summed E-state index contributed by atoms with van der Waals surface area (Å²) < 4.78 is 14.3. The molecule has 0 aliphatic carbocycles. The van der Waals surface area contributed by atoms with Gasteiger partial charge in [0.05, 0.1) is 18.1 Å². The molecule has 2 atom stereocenters. The van der Waals surface area contributed by atoms with Gasteiger partial charge in [0.25, 0.3) is 0 Å². The van der Waals surface area contributed by atoms with Gasteiger partial charge in [-0.25, -0.2) is 4.39 Å². The van der Waals surface area contributed by atoms with Gasteiger partial charge in [-0.05, 0) is 48.7 Å². The maximum atomic E-state index is 14.3. The number of rotatable bonds is 7. The summed E-state index contributed by atoms with van der Waals surface area (Å²) in [6, 6.07) is 16.2. The molecule has 1 unspecified atom stereocenters. The van der Waals surface area contributed by atoms with E-state index in [0.717, 1.165) is 16.7 Å². The second-order valence-corrected chi connectivity index (χ2v) is 9.37. The molecule has 4 rings (SSSR count). The molecule has 0 saturated carbocycles. The van der Waals surface area contributed by atoms with Crippen LogP contribution in [0.4, 0.5) is 4.39 Å². The molecule has 1 saturated heterocycles. The fourth-order valence-corrected chi connectivity index (χ4v) is 4.59. The van der Waals surface area contributed by atoms with Crippen LogP contribution in [0, 0.1) is 11.3 Å². The number of ketones is 2. The first kappa shape index (κ1) is 24.2. The molecular weight excluding hydrogens is 445 g/mol. The van der Waals surface area contributed by atoms with Crippen molar-refractivity contribution < 1.29 is 18.8 Å². The maximum absolute atomic E-state index is 14.3. The lowest BCUT2D eigenvalue weighted by Gasteiger charge is -2.19. The fourth-order valence-electron chi connectivity index (χ4n) is 4.59. The van der Waals surface area contributed by atoms with Crippen LogP contribution < -0.4 is 0 Å². The van der Waals surface area contributed by atoms with Crippen LogP contribution in [0.3, 0.4) is 0 Å². The van der Waals surface area contributed by atoms with E-state index in [1.807, 2.05) is 48.5 Å². The molecule has 0 bridgehead atoms. The van der Waals surface area contributed by atoms with E-state index in [9.17, 15) is 24.0 Å². The summed E-state index contributed by atoms with van der Waals surface area (Å²) >= 11 is 0. The van der Waals surface area contributed by atoms with E-state index in [2.05, 4.69) is 4.98 Å². The summed E-state index contributed by atoms with van der Waals surface area (Å²) in [5, 5.41) is 9.95. The van der Waals surface area contributed by atoms with E-state index in [4.69, 9.17) is 0 Å². The molecule has 2 aromatic carbocycles. The maximum Gasteiger partial charge on any atom is 0.224 e. The number of amides is 1. The molecule has 178 valence electrons. The summed E-state index contributed by atoms with van der Waals surface area (Å²) in [5.41, 5.74) is 2.32. The van der Waals surface area contributed by atoms with E-state index >= 15 is 0 Å². The average Bonchev–Trinajstić information content (AvgIpc) is 3.16. The number of fused-ring (bicyclic) bond motifs is 1. The molecule has 1 fully saturated rings. The number of nitriles is 1. The zero-order valence-electron chi connectivity index (χ0n) is 19.8. The number of carbonyl (C=O) groups excluding carboxylic acids is 3. The Hall–Kier alpha value is -3.92. The molecule has 0 radical (unpaired) electrons. The number of carbonyl (C=O) groups is 3. The first-order valence-corrected chi connectivity index (χ1v) is 11.6. The van der Waals surface area contributed by atoms with Gasteiger partial charge in [-0.2, -0.15) is 5.26 Å². The third kappa shape index (κ3) is 5.43. The highest BCUT2D eigenvalue weighted by atomic mass is 19.1. The van der Waals surface area contributed by atoms with Crippen molar-refractivity contribution in [3.05, 3.63) is 65.9 Å². The van der Waals surface area contributed by atoms with E-state index in [1.54, 1.807) is 19.2 Å². The highest BCUT2D eigenvalue weighted by Crippen LogP contribution is 2.31. The van der Waals surface area contributed by atoms with Crippen molar-refractivity contribution in [3.8, 4) is 17.2 Å². The second-order valence-electron chi connectivity index (χ2n) is 9.37. The molecule has 3 aromatic rings. The van der Waals surface area contributed by atoms with Gasteiger partial charge in [-0.3, -0.25) is 19.4 Å². The standard InChI is InChI=1S/C28H26FN3O3/c1-18(33)13-19-3-5-20(6-4-19)21-7-8-25-24(14-21)23(11-12-31-25)26(34)9-10-27(35)32-17-28(2,29)15-22(32)16-30/h3-8,11-12,14,22H,9-10,13,15,17H2,1-2H3/t22-,28?/m0/s1. The van der Waals surface area contributed by atoms with Gasteiger partial charge in [-0.15, -0.1) is 0 Å². The van der Waals surface area contributed by atoms with Crippen molar-refractivity contribution in [1.29, 1.82) is 5.26 Å². The molecule has 6 nitrogen and oxygen atoms in total. The molecule has 2 heterocycles. The summed E-state index contributed by atoms with van der Waals surface area (Å²) in [6.45, 7) is 2.81. The number of likely N-dealkylation sites (tertiary alicyclic amines) is 1. The highest BCUT2D eigenvalue weighted by Gasteiger charge is 2.43. The molecular formula is C28H26FN3O3. The quantitative estimate of drug-likeness (QED) is 0.460. The Morgan fingerprint density at radius 3 is 2.51 bits per heavy atom. The number of nitrogens with zero attached hydrogens (tertiary/aromatic N) is 3. The first-order chi connectivity index (χ1) is 16.7. The van der Waals surface area contributed by atoms with Gasteiger partial charge in [-0.1, -0.05) is 30.3 Å². The lowest BCUT2D eigenvalue weighted by Crippen LogP contribution is -2.36. The van der Waals surface area contributed by atoms with Crippen LogP contribution in [0.15, 0.2) is 54.7 Å². The summed E-state index contributed by atoms with van der Waals surface area (Å²) in [7, 11) is 0. The van der Waals surface area contributed by atoms with Crippen molar-refractivity contribution in [2.24, 2.45) is 0 Å². The largest absolute Gasteiger partial charge is 0.323 e. The number of hydrogen-bond donors (Lipinski definition) is 0. The number of Topliss-reactive ketones (excluding diaryl/α,β-unsaturated/α-hetero) is 2. The van der Waals surface area contributed by atoms with Crippen LogP contribution >= 0.6 is 0 Å². The van der Waals surface area contributed by atoms with Crippen LogP contribution in [-0.2, 0) is 16.0 Å². The Bertz CT molecular complexity index is 1340. The molecule has 1 aliphatic heterocycles. The fraction of sp³-hybridized carbons (Fsp3) is 0.321. The molecule has 1 aromatic heterocycles. The number of alkyl halides is 1. The van der Waals surface area contributed by atoms with E-state index in [-0.39, 0.29) is 37.4 Å². The number of benzene rings is 2. The van der Waals surface area contributed by atoms with Gasteiger partial charge >= 0.3 is 0 Å². The summed E-state index contributed by atoms with van der Waals surface area (Å²) in [6.07, 6.45) is 1.80. The number of aromatic nitrogens is 1. The normalized spacial score (nSPS) is 19.5. The lowest BCUT2D eigenvalue weighted by atomic mass is 9.97. The molecule has 0 spiro atoms. The first-order valence-electron chi connectivity index (χ1n) is 11.6. The van der Waals surface area contributed by atoms with Crippen LogP contribution in [0.2, 0.25) is 0 Å². The smallest absolute Gasteiger partial charge is 0.224 e. The van der Waals surface area contributed by atoms with E-state index < -0.39 is 17.6 Å². The Labute approximate surface area is 203 Å². The van der Waals surface area contributed by atoms with Gasteiger partial charge in [0.1, 0.15) is 17.5 Å². The van der Waals surface area contributed by atoms with Crippen molar-refractivity contribution in [2.45, 2.75) is 51.2 Å². The van der Waals surface area contributed by atoms with Crippen LogP contribution in [0.25, 0.3) is 22.0 Å². The monoisotopic (exact) mass is 471 g/mol. The van der Waals surface area contributed by atoms with Crippen LogP contribution in [0.5, 0.6) is 0 Å². The van der Waals surface area contributed by atoms with Crippen molar-refractivity contribution in [3.63, 3.8) is 0 Å². The number of pyridine rings is 1. The summed E-state index contributed by atoms with van der Waals surface area (Å²) in [5.74, 6) is -0.505. The van der Waals surface area contributed by atoms with Gasteiger partial charge in [0, 0.05) is 42.8 Å². The van der Waals surface area contributed by atoms with Crippen LogP contribution in [0.1, 0.15) is 49.0 Å². The van der Waals surface area contributed by atoms with Crippen molar-refractivity contribution in [2.75, 3.05) is 6.54 Å². The Morgan fingerprint density at radius 2 is 1.83 bits per heavy atom. The number of halogens is 1. The van der Waals surface area contributed by atoms with E-state index in [0.29, 0.717) is 22.9 Å². The average molecular weight is 472 g/mol. The highest BCUT2D eigenvalue weighted by molar-refractivity contribution is 6.08. The van der Waals surface area contributed by atoms with E-state index in [1.165, 1.54) is 11.8 Å². The van der Waals surface area contributed by atoms with Gasteiger partial charge in [0.15, 0.2) is 5.78 Å². The summed E-state index contributed by atoms with van der Waals surface area (Å²) in [4.78, 5) is 42.7. The molecule has 0 N–H and O–H groups in total. The second kappa shape index (κ2) is 9.75. The predicted octanol–water partition coefficient (Wildman–Crippen LogP) is 4.85. The number of hydrogen-bond acceptors (Lipinski definition) is 5. The van der Waals surface area contributed by atoms with Crippen molar-refractivity contribution in [1.82, 2.24) is 9.88 Å². The topological polar surface area (TPSA) is 91.1 Å². The van der Waals surface area contributed by atoms with Gasteiger partial charge in [0.2, 0.25) is 5.91 Å². The third-order valence-electron chi connectivity index (χ3n) is 6.31. The minimum atomic E-state index is -1.60. The SMILES string of the molecule is CC(=O)Cc1ccc(-c2ccc3nccc(C(=O)CCC(=O)N4CC(C)(F)C[C@H]4C#N)c3c2)cc1. The molecule has 1 amide bonds. The zero-order chi connectivity index (χ0) is 25.2. The predicted molar refractivity (Wildman–Crippen MR) is 130 cm³/mol. The Kier molecular flexibility index (Phi) is 6.74. The lowest BCUT2D eigenvalue weighted by molar-refractivity contribution is -0.131. The van der Waals surface area contributed by atoms with Crippen molar-refractivity contribution >= 4 is 28.4 Å². The minimum absolute atomic E-state index is 0.0172. The Balaban J connectivity index is 1.53. The Morgan fingerprint density at radius 1 is 1.11 bits per heavy atom. The zero-order valence-corrected chi connectivity index (χ0v) is 19.8. The minimum Gasteiger partial charge on any atom is -0.323 e.